The van der Waals surface area contributed by atoms with E-state index in [0.29, 0.717) is 6.61 Å². The Labute approximate surface area is 191 Å². The molecule has 0 spiro atoms. The summed E-state index contributed by atoms with van der Waals surface area (Å²) in [5.41, 5.74) is 2.50. The van der Waals surface area contributed by atoms with Gasteiger partial charge in [0.1, 0.15) is 12.4 Å². The van der Waals surface area contributed by atoms with Crippen molar-refractivity contribution in [2.45, 2.75) is 31.6 Å². The van der Waals surface area contributed by atoms with Crippen LogP contribution in [0.1, 0.15) is 29.5 Å². The Kier molecular flexibility index (Phi) is 6.79. The highest BCUT2D eigenvalue weighted by Gasteiger charge is 2.33. The number of aliphatic hydroxyl groups is 1. The smallest absolute Gasteiger partial charge is 0.124 e. The quantitative estimate of drug-likeness (QED) is 0.452. The third-order valence-electron chi connectivity index (χ3n) is 5.72. The Morgan fingerprint density at radius 3 is 2.37 bits per heavy atom. The molecule has 0 bridgehead atoms. The van der Waals surface area contributed by atoms with Crippen LogP contribution >= 0.6 is 27.5 Å². The van der Waals surface area contributed by atoms with Crippen molar-refractivity contribution >= 4 is 27.5 Å². The number of hydrogen-bond acceptors (Lipinski definition) is 3. The Morgan fingerprint density at radius 2 is 1.67 bits per heavy atom. The molecule has 0 unspecified atom stereocenters. The van der Waals surface area contributed by atoms with Gasteiger partial charge in [-0.25, -0.2) is 0 Å². The van der Waals surface area contributed by atoms with Gasteiger partial charge in [0.15, 0.2) is 0 Å². The summed E-state index contributed by atoms with van der Waals surface area (Å²) in [7, 11) is 0. The van der Waals surface area contributed by atoms with E-state index in [1.807, 2.05) is 66.7 Å². The Bertz CT molecular complexity index is 970. The fourth-order valence-electron chi connectivity index (χ4n) is 3.91. The number of rotatable bonds is 6. The summed E-state index contributed by atoms with van der Waals surface area (Å²) in [6, 6.07) is 23.9. The van der Waals surface area contributed by atoms with E-state index in [-0.39, 0.29) is 0 Å². The topological polar surface area (TPSA) is 32.7 Å². The third kappa shape index (κ3) is 5.25. The summed E-state index contributed by atoms with van der Waals surface area (Å²) >= 11 is 9.55. The zero-order chi connectivity index (χ0) is 21.0. The maximum Gasteiger partial charge on any atom is 0.124 e. The van der Waals surface area contributed by atoms with Gasteiger partial charge in [-0.3, -0.25) is 4.90 Å². The molecule has 156 valence electrons. The van der Waals surface area contributed by atoms with Crippen LogP contribution in [0.3, 0.4) is 0 Å². The number of nitrogens with zero attached hydrogens (tertiary/aromatic N) is 1. The Morgan fingerprint density at radius 1 is 0.967 bits per heavy atom. The molecule has 1 fully saturated rings. The van der Waals surface area contributed by atoms with Gasteiger partial charge in [0, 0.05) is 34.7 Å². The second kappa shape index (κ2) is 9.52. The number of benzene rings is 3. The fraction of sp³-hybridized carbons (Fsp3) is 0.280. The normalized spacial score (nSPS) is 16.4. The molecule has 1 N–H and O–H groups in total. The van der Waals surface area contributed by atoms with E-state index < -0.39 is 5.60 Å². The predicted molar refractivity (Wildman–Crippen MR) is 125 cm³/mol. The van der Waals surface area contributed by atoms with Crippen LogP contribution in [0, 0.1) is 0 Å². The molecule has 3 aromatic rings. The fourth-order valence-corrected chi connectivity index (χ4v) is 4.45. The zero-order valence-corrected chi connectivity index (χ0v) is 19.1. The lowest BCUT2D eigenvalue weighted by molar-refractivity contribution is -0.0278. The first kappa shape index (κ1) is 21.4. The molecule has 5 heteroatoms. The summed E-state index contributed by atoms with van der Waals surface area (Å²) in [5, 5.41) is 11.8. The molecular weight excluding hydrogens is 462 g/mol. The van der Waals surface area contributed by atoms with Crippen LogP contribution in [0.4, 0.5) is 0 Å². The number of ether oxygens (including phenoxy) is 1. The molecule has 0 aliphatic carbocycles. The highest BCUT2D eigenvalue weighted by atomic mass is 79.9. The molecule has 1 aliphatic rings. The molecule has 0 radical (unpaired) electrons. The molecule has 0 atom stereocenters. The maximum atomic E-state index is 11.1. The van der Waals surface area contributed by atoms with Gasteiger partial charge in [0.25, 0.3) is 0 Å². The largest absolute Gasteiger partial charge is 0.489 e. The minimum absolute atomic E-state index is 0.500. The van der Waals surface area contributed by atoms with E-state index in [9.17, 15) is 5.11 Å². The molecule has 30 heavy (non-hydrogen) atoms. The van der Waals surface area contributed by atoms with Crippen molar-refractivity contribution < 1.29 is 9.84 Å². The minimum Gasteiger partial charge on any atom is -0.489 e. The number of halogens is 2. The van der Waals surface area contributed by atoms with Gasteiger partial charge in [-0.1, -0.05) is 70.0 Å². The van der Waals surface area contributed by atoms with Crippen LogP contribution < -0.4 is 4.74 Å². The van der Waals surface area contributed by atoms with Crippen LogP contribution in [-0.2, 0) is 18.8 Å². The van der Waals surface area contributed by atoms with Gasteiger partial charge in [0.2, 0.25) is 0 Å². The van der Waals surface area contributed by atoms with Gasteiger partial charge in [-0.2, -0.15) is 0 Å². The molecule has 3 aromatic carbocycles. The Balaban J connectivity index is 1.41. The summed E-state index contributed by atoms with van der Waals surface area (Å²) in [6.07, 6.45) is 1.46. The van der Waals surface area contributed by atoms with E-state index >= 15 is 0 Å². The van der Waals surface area contributed by atoms with Crippen molar-refractivity contribution in [2.75, 3.05) is 13.1 Å². The molecule has 0 saturated carbocycles. The molecule has 0 aromatic heterocycles. The maximum absolute atomic E-state index is 11.1. The van der Waals surface area contributed by atoms with Crippen molar-refractivity contribution in [2.24, 2.45) is 0 Å². The monoisotopic (exact) mass is 485 g/mol. The number of piperidine rings is 1. The van der Waals surface area contributed by atoms with E-state index in [4.69, 9.17) is 16.3 Å². The van der Waals surface area contributed by atoms with Gasteiger partial charge in [-0.15, -0.1) is 0 Å². The molecule has 1 saturated heterocycles. The average molecular weight is 487 g/mol. The SMILES string of the molecule is OC1(c2ccccc2)CCN(Cc2cc(Br)ccc2OCc2ccc(Cl)cc2)CC1. The summed E-state index contributed by atoms with van der Waals surface area (Å²) in [6.45, 7) is 2.98. The van der Waals surface area contributed by atoms with Gasteiger partial charge in [0.05, 0.1) is 5.60 Å². The first-order valence-electron chi connectivity index (χ1n) is 10.2. The molecule has 0 amide bonds. The summed E-state index contributed by atoms with van der Waals surface area (Å²) in [5.74, 6) is 0.886. The van der Waals surface area contributed by atoms with Crippen molar-refractivity contribution in [3.63, 3.8) is 0 Å². The Hall–Kier alpha value is -1.85. The van der Waals surface area contributed by atoms with Crippen molar-refractivity contribution in [1.82, 2.24) is 4.90 Å². The van der Waals surface area contributed by atoms with Crippen molar-refractivity contribution in [3.8, 4) is 5.75 Å². The van der Waals surface area contributed by atoms with Crippen LogP contribution in [0.15, 0.2) is 77.3 Å². The van der Waals surface area contributed by atoms with E-state index in [1.165, 1.54) is 0 Å². The summed E-state index contributed by atoms with van der Waals surface area (Å²) < 4.78 is 7.17. The van der Waals surface area contributed by atoms with Crippen LogP contribution in [0.2, 0.25) is 5.02 Å². The van der Waals surface area contributed by atoms with Gasteiger partial charge in [-0.05, 0) is 54.3 Å². The van der Waals surface area contributed by atoms with Crippen LogP contribution in [0.25, 0.3) is 0 Å². The predicted octanol–water partition coefficient (Wildman–Crippen LogP) is 6.17. The number of hydrogen-bond donors (Lipinski definition) is 1. The lowest BCUT2D eigenvalue weighted by Gasteiger charge is -2.38. The highest BCUT2D eigenvalue weighted by molar-refractivity contribution is 9.10. The second-order valence-electron chi connectivity index (χ2n) is 7.84. The first-order valence-corrected chi connectivity index (χ1v) is 11.3. The van der Waals surface area contributed by atoms with Gasteiger partial charge < -0.3 is 9.84 Å². The van der Waals surface area contributed by atoms with Crippen LogP contribution in [0.5, 0.6) is 5.75 Å². The number of likely N-dealkylation sites (tertiary alicyclic amines) is 1. The standard InChI is InChI=1S/C25H25BrClNO2/c26-22-8-11-24(30-18-19-6-9-23(27)10-7-19)20(16-22)17-28-14-12-25(29,13-15-28)21-4-2-1-3-5-21/h1-11,16,29H,12-15,17-18H2. The minimum atomic E-state index is -0.733. The zero-order valence-electron chi connectivity index (χ0n) is 16.7. The van der Waals surface area contributed by atoms with E-state index in [1.54, 1.807) is 0 Å². The van der Waals surface area contributed by atoms with Crippen molar-refractivity contribution in [3.05, 3.63) is 99.0 Å². The molecule has 3 nitrogen and oxygen atoms in total. The molecular formula is C25H25BrClNO2. The van der Waals surface area contributed by atoms with E-state index in [0.717, 1.165) is 64.4 Å². The third-order valence-corrected chi connectivity index (χ3v) is 6.46. The van der Waals surface area contributed by atoms with Crippen LogP contribution in [-0.4, -0.2) is 23.1 Å². The lowest BCUT2D eigenvalue weighted by atomic mass is 9.84. The summed E-state index contributed by atoms with van der Waals surface area (Å²) in [4.78, 5) is 2.38. The lowest BCUT2D eigenvalue weighted by Crippen LogP contribution is -2.42. The second-order valence-corrected chi connectivity index (χ2v) is 9.19. The first-order chi connectivity index (χ1) is 14.5. The molecule has 1 aliphatic heterocycles. The molecule has 1 heterocycles. The van der Waals surface area contributed by atoms with Gasteiger partial charge >= 0.3 is 0 Å². The average Bonchev–Trinajstić information content (AvgIpc) is 2.77. The molecule has 4 rings (SSSR count). The highest BCUT2D eigenvalue weighted by Crippen LogP contribution is 2.34. The van der Waals surface area contributed by atoms with E-state index in [2.05, 4.69) is 26.9 Å². The van der Waals surface area contributed by atoms with Crippen molar-refractivity contribution in [1.29, 1.82) is 0 Å².